The Kier molecular flexibility index (Phi) is 2.92. The third kappa shape index (κ3) is 2.23. The van der Waals surface area contributed by atoms with E-state index >= 15 is 0 Å². The first kappa shape index (κ1) is 8.07. The third-order valence-electron chi connectivity index (χ3n) is 1.35. The highest BCUT2D eigenvalue weighted by molar-refractivity contribution is 4.95. The van der Waals surface area contributed by atoms with Crippen molar-refractivity contribution in [1.82, 2.24) is 20.5 Å². The molecule has 0 saturated heterocycles. The molecule has 4 heteroatoms. The normalized spacial score (nSPS) is 10.0. The van der Waals surface area contributed by atoms with E-state index in [9.17, 15) is 0 Å². The maximum Gasteiger partial charge on any atom is 0.164 e. The van der Waals surface area contributed by atoms with Gasteiger partial charge >= 0.3 is 0 Å². The quantitative estimate of drug-likeness (QED) is 0.670. The van der Waals surface area contributed by atoms with Crippen LogP contribution in [0.2, 0.25) is 0 Å². The molecule has 0 aliphatic rings. The van der Waals surface area contributed by atoms with Crippen molar-refractivity contribution in [1.29, 1.82) is 0 Å². The molecule has 0 spiro atoms. The molecular weight excluding hydrogens is 140 g/mol. The lowest BCUT2D eigenvalue weighted by atomic mass is 10.4. The van der Waals surface area contributed by atoms with E-state index in [2.05, 4.69) is 20.5 Å². The van der Waals surface area contributed by atoms with Gasteiger partial charge in [0, 0.05) is 0 Å². The van der Waals surface area contributed by atoms with Crippen molar-refractivity contribution >= 4 is 0 Å². The van der Waals surface area contributed by atoms with Crippen LogP contribution in [-0.4, -0.2) is 22.2 Å². The lowest BCUT2D eigenvalue weighted by Crippen LogP contribution is -2.10. The highest BCUT2D eigenvalue weighted by Gasteiger charge is 1.95. The van der Waals surface area contributed by atoms with E-state index in [1.54, 1.807) is 6.20 Å². The van der Waals surface area contributed by atoms with Gasteiger partial charge in [-0.1, -0.05) is 6.92 Å². The van der Waals surface area contributed by atoms with Crippen LogP contribution in [0.15, 0.2) is 6.20 Å². The summed E-state index contributed by atoms with van der Waals surface area (Å²) in [5.74, 6) is 0.756. The molecule has 0 atom stereocenters. The number of nitrogens with zero attached hydrogens (tertiary/aromatic N) is 3. The second kappa shape index (κ2) is 3.98. The summed E-state index contributed by atoms with van der Waals surface area (Å²) in [5, 5.41) is 10.6. The van der Waals surface area contributed by atoms with Gasteiger partial charge in [-0.2, -0.15) is 5.10 Å². The van der Waals surface area contributed by atoms with Crippen molar-refractivity contribution in [3.8, 4) is 0 Å². The second-order valence-corrected chi connectivity index (χ2v) is 2.25. The zero-order valence-corrected chi connectivity index (χ0v) is 6.83. The smallest absolute Gasteiger partial charge is 0.164 e. The van der Waals surface area contributed by atoms with Gasteiger partial charge in [0.05, 0.1) is 18.4 Å². The van der Waals surface area contributed by atoms with Crippen LogP contribution in [-0.2, 0) is 13.0 Å². The fraction of sp³-hybridized carbons (Fsp3) is 0.571. The number of aromatic nitrogens is 3. The van der Waals surface area contributed by atoms with Gasteiger partial charge in [0.2, 0.25) is 0 Å². The predicted octanol–water partition coefficient (Wildman–Crippen LogP) is 0.153. The number of rotatable bonds is 3. The molecule has 0 aromatic carbocycles. The Morgan fingerprint density at radius 2 is 2.36 bits per heavy atom. The molecule has 60 valence electrons. The van der Waals surface area contributed by atoms with E-state index in [4.69, 9.17) is 0 Å². The van der Waals surface area contributed by atoms with Crippen LogP contribution in [0.4, 0.5) is 0 Å². The van der Waals surface area contributed by atoms with E-state index < -0.39 is 0 Å². The number of hydrogen-bond donors (Lipinski definition) is 1. The zero-order chi connectivity index (χ0) is 8.10. The highest BCUT2D eigenvalue weighted by Crippen LogP contribution is 1.92. The molecule has 0 unspecified atom stereocenters. The van der Waals surface area contributed by atoms with Gasteiger partial charge in [0.1, 0.15) is 0 Å². The number of hydrogen-bond acceptors (Lipinski definition) is 4. The Balaban J connectivity index is 2.74. The zero-order valence-electron chi connectivity index (χ0n) is 6.83. The van der Waals surface area contributed by atoms with Crippen LogP contribution in [0, 0.1) is 0 Å². The first-order valence-electron chi connectivity index (χ1n) is 3.69. The predicted molar refractivity (Wildman–Crippen MR) is 42.0 cm³/mol. The van der Waals surface area contributed by atoms with Gasteiger partial charge in [0.15, 0.2) is 5.82 Å². The molecule has 1 rings (SSSR count). The maximum absolute atomic E-state index is 4.24. The molecule has 1 N–H and O–H groups in total. The van der Waals surface area contributed by atoms with Gasteiger partial charge in [-0.25, -0.2) is 4.98 Å². The summed E-state index contributed by atoms with van der Waals surface area (Å²) in [7, 11) is 1.86. The summed E-state index contributed by atoms with van der Waals surface area (Å²) in [6.45, 7) is 2.73. The van der Waals surface area contributed by atoms with Crippen LogP contribution in [0.1, 0.15) is 18.4 Å². The Morgan fingerprint density at radius 3 is 3.00 bits per heavy atom. The first-order chi connectivity index (χ1) is 5.36. The Morgan fingerprint density at radius 1 is 1.55 bits per heavy atom. The summed E-state index contributed by atoms with van der Waals surface area (Å²) >= 11 is 0. The van der Waals surface area contributed by atoms with Crippen molar-refractivity contribution in [2.45, 2.75) is 19.9 Å². The minimum absolute atomic E-state index is 0.681. The summed E-state index contributed by atoms with van der Waals surface area (Å²) in [6.07, 6.45) is 2.60. The monoisotopic (exact) mass is 152 g/mol. The largest absolute Gasteiger partial charge is 0.313 e. The van der Waals surface area contributed by atoms with E-state index in [1.165, 1.54) is 0 Å². The topological polar surface area (TPSA) is 50.7 Å². The molecule has 1 aromatic heterocycles. The van der Waals surface area contributed by atoms with Crippen LogP contribution in [0.3, 0.4) is 0 Å². The van der Waals surface area contributed by atoms with E-state index in [-0.39, 0.29) is 0 Å². The molecule has 0 amide bonds. The maximum atomic E-state index is 4.24. The molecular formula is C7H12N4. The molecule has 0 aliphatic heterocycles. The second-order valence-electron chi connectivity index (χ2n) is 2.25. The fourth-order valence-electron chi connectivity index (χ4n) is 0.782. The Labute approximate surface area is 66.1 Å². The molecule has 0 radical (unpaired) electrons. The molecule has 0 aliphatic carbocycles. The van der Waals surface area contributed by atoms with E-state index in [0.29, 0.717) is 6.54 Å². The van der Waals surface area contributed by atoms with Gasteiger partial charge in [-0.05, 0) is 13.5 Å². The van der Waals surface area contributed by atoms with Crippen molar-refractivity contribution in [3.63, 3.8) is 0 Å². The Bertz CT molecular complexity index is 223. The molecule has 0 bridgehead atoms. The standard InChI is InChI=1S/C7H12N4/c1-3-6-4-9-11-7(10-6)5-8-2/h4,8H,3,5H2,1-2H3. The number of aryl methyl sites for hydroxylation is 1. The minimum Gasteiger partial charge on any atom is -0.313 e. The Hall–Kier alpha value is -1.03. The van der Waals surface area contributed by atoms with Gasteiger partial charge in [0.25, 0.3) is 0 Å². The van der Waals surface area contributed by atoms with Crippen LogP contribution in [0.5, 0.6) is 0 Å². The van der Waals surface area contributed by atoms with Crippen LogP contribution in [0.25, 0.3) is 0 Å². The average molecular weight is 152 g/mol. The third-order valence-corrected chi connectivity index (χ3v) is 1.35. The van der Waals surface area contributed by atoms with Gasteiger partial charge in [-0.3, -0.25) is 0 Å². The van der Waals surface area contributed by atoms with Gasteiger partial charge in [-0.15, -0.1) is 5.10 Å². The van der Waals surface area contributed by atoms with Gasteiger partial charge < -0.3 is 5.32 Å². The summed E-state index contributed by atoms with van der Waals surface area (Å²) in [6, 6.07) is 0. The first-order valence-corrected chi connectivity index (χ1v) is 3.69. The number of nitrogens with one attached hydrogen (secondary N) is 1. The SMILES string of the molecule is CCc1cnnc(CNC)n1. The molecule has 1 aromatic rings. The molecule has 11 heavy (non-hydrogen) atoms. The lowest BCUT2D eigenvalue weighted by Gasteiger charge is -1.98. The summed E-state index contributed by atoms with van der Waals surface area (Å²) in [5.41, 5.74) is 0.991. The van der Waals surface area contributed by atoms with Crippen molar-refractivity contribution < 1.29 is 0 Å². The highest BCUT2D eigenvalue weighted by atomic mass is 15.2. The molecule has 1 heterocycles. The van der Waals surface area contributed by atoms with Crippen molar-refractivity contribution in [3.05, 3.63) is 17.7 Å². The van der Waals surface area contributed by atoms with E-state index in [1.807, 2.05) is 14.0 Å². The minimum atomic E-state index is 0.681. The summed E-state index contributed by atoms with van der Waals surface area (Å²) in [4.78, 5) is 4.24. The summed E-state index contributed by atoms with van der Waals surface area (Å²) < 4.78 is 0. The fourth-order valence-corrected chi connectivity index (χ4v) is 0.782. The lowest BCUT2D eigenvalue weighted by molar-refractivity contribution is 0.715. The van der Waals surface area contributed by atoms with Crippen LogP contribution >= 0.6 is 0 Å². The molecule has 0 fully saturated rings. The molecule has 4 nitrogen and oxygen atoms in total. The van der Waals surface area contributed by atoms with Crippen LogP contribution < -0.4 is 5.32 Å². The average Bonchev–Trinajstić information content (AvgIpc) is 2.06. The molecule has 0 saturated carbocycles. The van der Waals surface area contributed by atoms with Crippen molar-refractivity contribution in [2.24, 2.45) is 0 Å². The van der Waals surface area contributed by atoms with Crippen molar-refractivity contribution in [2.75, 3.05) is 7.05 Å². The van der Waals surface area contributed by atoms with E-state index in [0.717, 1.165) is 17.9 Å².